The molecule has 0 N–H and O–H groups in total. The molecule has 0 bridgehead atoms. The van der Waals surface area contributed by atoms with Gasteiger partial charge in [0.25, 0.3) is 0 Å². The van der Waals surface area contributed by atoms with Crippen LogP contribution in [-0.2, 0) is 0 Å². The first-order chi connectivity index (χ1) is 12.5. The summed E-state index contributed by atoms with van der Waals surface area (Å²) in [5.41, 5.74) is 6.20. The van der Waals surface area contributed by atoms with Crippen molar-refractivity contribution < 1.29 is 4.74 Å². The fourth-order valence-electron chi connectivity index (χ4n) is 2.89. The molecule has 0 unspecified atom stereocenters. The molecule has 4 heteroatoms. The molecule has 0 atom stereocenters. The van der Waals surface area contributed by atoms with E-state index in [0.29, 0.717) is 5.56 Å². The molecule has 0 radical (unpaired) electrons. The molecule has 0 aliphatic rings. The van der Waals surface area contributed by atoms with Gasteiger partial charge in [0, 0.05) is 30.9 Å². The van der Waals surface area contributed by atoms with Gasteiger partial charge in [0.1, 0.15) is 11.8 Å². The first-order valence-electron chi connectivity index (χ1n) is 8.37. The fraction of sp³-hybridized carbons (Fsp3) is 0.182. The van der Waals surface area contributed by atoms with Crippen LogP contribution in [0.25, 0.3) is 22.4 Å². The number of nitriles is 1. The molecule has 0 fully saturated rings. The highest BCUT2D eigenvalue weighted by Gasteiger charge is 2.13. The van der Waals surface area contributed by atoms with E-state index in [9.17, 15) is 5.26 Å². The van der Waals surface area contributed by atoms with Gasteiger partial charge >= 0.3 is 0 Å². The molecule has 3 aromatic rings. The van der Waals surface area contributed by atoms with Crippen molar-refractivity contribution in [2.24, 2.45) is 0 Å². The summed E-state index contributed by atoms with van der Waals surface area (Å²) in [7, 11) is 5.67. The van der Waals surface area contributed by atoms with E-state index >= 15 is 0 Å². The number of benzene rings is 2. The molecule has 0 spiro atoms. The predicted octanol–water partition coefficient (Wildman–Crippen LogP) is 4.67. The van der Waals surface area contributed by atoms with E-state index in [2.05, 4.69) is 40.2 Å². The number of ether oxygens (including phenoxy) is 1. The van der Waals surface area contributed by atoms with E-state index < -0.39 is 0 Å². The largest absolute Gasteiger partial charge is 0.497 e. The maximum absolute atomic E-state index is 9.60. The second kappa shape index (κ2) is 7.28. The van der Waals surface area contributed by atoms with Crippen molar-refractivity contribution in [2.45, 2.75) is 6.92 Å². The van der Waals surface area contributed by atoms with Crippen molar-refractivity contribution in [3.8, 4) is 34.2 Å². The highest BCUT2D eigenvalue weighted by Crippen LogP contribution is 2.31. The van der Waals surface area contributed by atoms with Crippen molar-refractivity contribution in [2.75, 3.05) is 26.1 Å². The minimum absolute atomic E-state index is 0.601. The molecule has 1 heterocycles. The van der Waals surface area contributed by atoms with Gasteiger partial charge < -0.3 is 9.64 Å². The van der Waals surface area contributed by atoms with Crippen LogP contribution in [0.2, 0.25) is 0 Å². The zero-order valence-corrected chi connectivity index (χ0v) is 15.4. The number of rotatable bonds is 4. The topological polar surface area (TPSA) is 49.1 Å². The normalized spacial score (nSPS) is 10.3. The Hall–Kier alpha value is -3.32. The van der Waals surface area contributed by atoms with Gasteiger partial charge in [-0.15, -0.1) is 0 Å². The number of anilines is 1. The molecule has 4 nitrogen and oxygen atoms in total. The standard InChI is InChI=1S/C22H21N3O/c1-15-21(14-23)20(16-7-11-19(26-4)12-8-16)13-22(24-15)17-5-9-18(10-6-17)25(2)3/h5-13H,1-4H3. The quantitative estimate of drug-likeness (QED) is 0.691. The van der Waals surface area contributed by atoms with E-state index in [1.807, 2.05) is 51.4 Å². The summed E-state index contributed by atoms with van der Waals surface area (Å²) in [6, 6.07) is 20.3. The summed E-state index contributed by atoms with van der Waals surface area (Å²) < 4.78 is 5.23. The zero-order chi connectivity index (χ0) is 18.7. The van der Waals surface area contributed by atoms with Crippen LogP contribution in [-0.4, -0.2) is 26.2 Å². The third kappa shape index (κ3) is 3.38. The Morgan fingerprint density at radius 2 is 1.58 bits per heavy atom. The van der Waals surface area contributed by atoms with Gasteiger partial charge in [0.2, 0.25) is 0 Å². The first-order valence-corrected chi connectivity index (χ1v) is 8.37. The Kier molecular flexibility index (Phi) is 4.90. The van der Waals surface area contributed by atoms with Gasteiger partial charge in [-0.2, -0.15) is 5.26 Å². The number of aromatic nitrogens is 1. The van der Waals surface area contributed by atoms with Crippen LogP contribution >= 0.6 is 0 Å². The lowest BCUT2D eigenvalue weighted by Gasteiger charge is -2.14. The molecule has 0 amide bonds. The number of methoxy groups -OCH3 is 1. The summed E-state index contributed by atoms with van der Waals surface area (Å²) in [5, 5.41) is 9.60. The van der Waals surface area contributed by atoms with Crippen LogP contribution in [0.1, 0.15) is 11.3 Å². The van der Waals surface area contributed by atoms with E-state index in [0.717, 1.165) is 39.5 Å². The monoisotopic (exact) mass is 343 g/mol. The lowest BCUT2D eigenvalue weighted by molar-refractivity contribution is 0.415. The average Bonchev–Trinajstić information content (AvgIpc) is 2.67. The number of pyridine rings is 1. The third-order valence-electron chi connectivity index (χ3n) is 4.39. The maximum atomic E-state index is 9.60. The Morgan fingerprint density at radius 1 is 0.962 bits per heavy atom. The van der Waals surface area contributed by atoms with Gasteiger partial charge in [-0.05, 0) is 42.8 Å². The smallest absolute Gasteiger partial charge is 0.118 e. The number of nitrogens with zero attached hydrogens (tertiary/aromatic N) is 3. The first kappa shape index (κ1) is 17.5. The molecule has 0 saturated carbocycles. The summed E-state index contributed by atoms with van der Waals surface area (Å²) in [4.78, 5) is 6.71. The van der Waals surface area contributed by atoms with Crippen molar-refractivity contribution in [1.29, 1.82) is 5.26 Å². The van der Waals surface area contributed by atoms with Crippen LogP contribution in [0, 0.1) is 18.3 Å². The SMILES string of the molecule is COc1ccc(-c2cc(-c3ccc(N(C)C)cc3)nc(C)c2C#N)cc1. The van der Waals surface area contributed by atoms with E-state index in [1.165, 1.54) is 0 Å². The average molecular weight is 343 g/mol. The second-order valence-corrected chi connectivity index (χ2v) is 6.30. The second-order valence-electron chi connectivity index (χ2n) is 6.30. The lowest BCUT2D eigenvalue weighted by atomic mass is 9.97. The summed E-state index contributed by atoms with van der Waals surface area (Å²) in [6.45, 7) is 1.88. The molecule has 26 heavy (non-hydrogen) atoms. The summed E-state index contributed by atoms with van der Waals surface area (Å²) >= 11 is 0. The molecule has 0 aliphatic carbocycles. The van der Waals surface area contributed by atoms with Gasteiger partial charge in [-0.3, -0.25) is 4.98 Å². The van der Waals surface area contributed by atoms with Crippen molar-refractivity contribution >= 4 is 5.69 Å². The number of hydrogen-bond donors (Lipinski definition) is 0. The van der Waals surface area contributed by atoms with Crippen LogP contribution in [0.5, 0.6) is 5.75 Å². The van der Waals surface area contributed by atoms with E-state index in [-0.39, 0.29) is 0 Å². The molecular weight excluding hydrogens is 322 g/mol. The zero-order valence-electron chi connectivity index (χ0n) is 15.4. The Balaban J connectivity index is 2.11. The molecule has 0 saturated heterocycles. The van der Waals surface area contributed by atoms with Crippen LogP contribution in [0.3, 0.4) is 0 Å². The molecule has 1 aromatic heterocycles. The highest BCUT2D eigenvalue weighted by atomic mass is 16.5. The summed E-state index contributed by atoms with van der Waals surface area (Å²) in [6.07, 6.45) is 0. The van der Waals surface area contributed by atoms with Crippen LogP contribution in [0.15, 0.2) is 54.6 Å². The van der Waals surface area contributed by atoms with E-state index in [1.54, 1.807) is 7.11 Å². The Morgan fingerprint density at radius 3 is 2.12 bits per heavy atom. The maximum Gasteiger partial charge on any atom is 0.118 e. The molecule has 3 rings (SSSR count). The van der Waals surface area contributed by atoms with Gasteiger partial charge in [-0.1, -0.05) is 24.3 Å². The predicted molar refractivity (Wildman–Crippen MR) is 105 cm³/mol. The van der Waals surface area contributed by atoms with E-state index in [4.69, 9.17) is 4.74 Å². The fourth-order valence-corrected chi connectivity index (χ4v) is 2.89. The molecule has 0 aliphatic heterocycles. The van der Waals surface area contributed by atoms with Crippen molar-refractivity contribution in [1.82, 2.24) is 4.98 Å². The molecule has 2 aromatic carbocycles. The minimum atomic E-state index is 0.601. The van der Waals surface area contributed by atoms with Crippen LogP contribution < -0.4 is 9.64 Å². The highest BCUT2D eigenvalue weighted by molar-refractivity contribution is 5.77. The lowest BCUT2D eigenvalue weighted by Crippen LogP contribution is -2.08. The van der Waals surface area contributed by atoms with Crippen LogP contribution in [0.4, 0.5) is 5.69 Å². The van der Waals surface area contributed by atoms with Gasteiger partial charge in [-0.25, -0.2) is 0 Å². The number of aryl methyl sites for hydroxylation is 1. The Labute approximate surface area is 154 Å². The van der Waals surface area contributed by atoms with Gasteiger partial charge in [0.05, 0.1) is 24.1 Å². The van der Waals surface area contributed by atoms with Gasteiger partial charge in [0.15, 0.2) is 0 Å². The molecule has 130 valence electrons. The number of hydrogen-bond acceptors (Lipinski definition) is 4. The van der Waals surface area contributed by atoms with Crippen molar-refractivity contribution in [3.05, 3.63) is 65.9 Å². The Bertz CT molecular complexity index is 952. The third-order valence-corrected chi connectivity index (χ3v) is 4.39. The minimum Gasteiger partial charge on any atom is -0.497 e. The van der Waals surface area contributed by atoms with Crippen molar-refractivity contribution in [3.63, 3.8) is 0 Å². The molecular formula is C22H21N3O. The summed E-state index contributed by atoms with van der Waals surface area (Å²) in [5.74, 6) is 0.789.